The Morgan fingerprint density at radius 3 is 1.22 bits per heavy atom. The summed E-state index contributed by atoms with van der Waals surface area (Å²) in [5.74, 6) is 0. The number of hydrogen-bond donors (Lipinski definition) is 2. The van der Waals surface area contributed by atoms with Gasteiger partial charge in [0.1, 0.15) is 36.9 Å². The quantitative estimate of drug-likeness (QED) is 0.0486. The monoisotopic (exact) mass is 1060 g/mol. The molecule has 2 heterocycles. The summed E-state index contributed by atoms with van der Waals surface area (Å²) >= 11 is 12.1. The van der Waals surface area contributed by atoms with Crippen LogP contribution in [0, 0.1) is 20.2 Å². The maximum atomic E-state index is 10.8. The summed E-state index contributed by atoms with van der Waals surface area (Å²) in [5, 5.41) is 38.6. The van der Waals surface area contributed by atoms with Gasteiger partial charge < -0.3 is 19.6 Å². The van der Waals surface area contributed by atoms with Crippen molar-refractivity contribution in [3.8, 4) is 0 Å². The molecule has 23 heteroatoms. The summed E-state index contributed by atoms with van der Waals surface area (Å²) in [7, 11) is 21.0. The van der Waals surface area contributed by atoms with Gasteiger partial charge in [-0.15, -0.1) is 10.2 Å². The number of halogens is 6. The molecule has 4 unspecified atom stereocenters. The third kappa shape index (κ3) is 17.2. The minimum absolute atomic E-state index is 0.0738. The van der Waals surface area contributed by atoms with Gasteiger partial charge in [-0.2, -0.15) is 10.2 Å². The van der Waals surface area contributed by atoms with Gasteiger partial charge >= 0.3 is 49.6 Å². The van der Waals surface area contributed by atoms with Crippen LogP contribution in [0.1, 0.15) is 27.7 Å². The Balaban J connectivity index is 0.000000258. The van der Waals surface area contributed by atoms with Crippen molar-refractivity contribution < 1.29 is 30.5 Å². The number of rotatable bonds is 16. The second-order valence-corrected chi connectivity index (χ2v) is 43.5. The molecule has 0 aliphatic carbocycles. The number of likely N-dealkylation sites (N-methyl/N-ethyl adjacent to an activating group) is 2. The molecule has 0 saturated carbocycles. The normalized spacial score (nSPS) is 17.8. The number of benzene rings is 4. The van der Waals surface area contributed by atoms with Crippen molar-refractivity contribution >= 4 is 107 Å². The predicted octanol–water partition coefficient (Wildman–Crippen LogP) is 11.0. The van der Waals surface area contributed by atoms with Gasteiger partial charge in [-0.25, -0.2) is 0 Å². The Morgan fingerprint density at radius 1 is 0.615 bits per heavy atom. The maximum absolute atomic E-state index is 10.8. The van der Waals surface area contributed by atoms with E-state index in [4.69, 9.17) is 62.0 Å². The summed E-state index contributed by atoms with van der Waals surface area (Å²) in [5.41, 5.74) is 4.27. The van der Waals surface area contributed by atoms with Crippen molar-refractivity contribution in [2.75, 3.05) is 63.2 Å². The van der Waals surface area contributed by atoms with Crippen LogP contribution in [0.3, 0.4) is 0 Å². The molecule has 0 saturated heterocycles. The van der Waals surface area contributed by atoms with E-state index in [-0.39, 0.29) is 21.4 Å². The third-order valence-electron chi connectivity index (χ3n) is 10.7. The zero-order valence-corrected chi connectivity index (χ0v) is 44.4. The Labute approximate surface area is 408 Å². The first kappa shape index (κ1) is 53.5. The first-order chi connectivity index (χ1) is 30.8. The van der Waals surface area contributed by atoms with Gasteiger partial charge in [0.05, 0.1) is 56.8 Å². The molecular formula is C42H52Cl6N12O4Zn. The topological polar surface area (TPSA) is 158 Å². The molecule has 2 N–H and O–H groups in total. The fraction of sp³-hybridized carbons (Fsp3) is 0.333. The van der Waals surface area contributed by atoms with Gasteiger partial charge in [0.2, 0.25) is 0 Å². The van der Waals surface area contributed by atoms with Crippen LogP contribution in [0.15, 0.2) is 130 Å². The Morgan fingerprint density at radius 2 is 0.954 bits per heavy atom. The number of hydrogen-bond acceptors (Lipinski definition) is 12. The van der Waals surface area contributed by atoms with Crippen molar-refractivity contribution in [2.24, 2.45) is 20.5 Å². The van der Waals surface area contributed by atoms with Crippen LogP contribution in [-0.4, -0.2) is 85.3 Å². The fourth-order valence-electron chi connectivity index (χ4n) is 6.60. The van der Waals surface area contributed by atoms with Crippen LogP contribution in [0.5, 0.6) is 0 Å². The van der Waals surface area contributed by atoms with Crippen LogP contribution in [-0.2, 0) is 10.8 Å². The Kier molecular flexibility index (Phi) is 21.1. The second-order valence-electron chi connectivity index (χ2n) is 14.9. The number of nitrogens with one attached hydrogen (secondary N) is 2. The Bertz CT molecular complexity index is 2160. The molecule has 65 heavy (non-hydrogen) atoms. The van der Waals surface area contributed by atoms with Crippen molar-refractivity contribution in [3.05, 3.63) is 140 Å². The number of non-ortho nitro benzene ring substituents is 2. The van der Waals surface area contributed by atoms with Crippen LogP contribution in [0.4, 0.5) is 45.5 Å². The van der Waals surface area contributed by atoms with Crippen molar-refractivity contribution in [2.45, 2.75) is 40.0 Å². The molecule has 348 valence electrons. The summed E-state index contributed by atoms with van der Waals surface area (Å²) in [6.07, 6.45) is 9.60. The van der Waals surface area contributed by atoms with Gasteiger partial charge in [-0.1, -0.05) is 23.2 Å². The zero-order valence-electron chi connectivity index (χ0n) is 36.9. The molecule has 4 aromatic rings. The average Bonchev–Trinajstić information content (AvgIpc) is 3.77. The average molecular weight is 1070 g/mol. The number of nitro groups is 2. The van der Waals surface area contributed by atoms with E-state index in [1.165, 1.54) is 46.2 Å². The molecular weight excluding hydrogens is 1010 g/mol. The molecule has 0 spiro atoms. The van der Waals surface area contributed by atoms with Crippen LogP contribution < -0.4 is 19.6 Å². The van der Waals surface area contributed by atoms with Gasteiger partial charge in [0.25, 0.3) is 11.4 Å². The summed E-state index contributed by atoms with van der Waals surface area (Å²) in [6.45, 7) is 14.5. The summed E-state index contributed by atoms with van der Waals surface area (Å²) in [4.78, 5) is 32.6. The number of quaternary nitrogens is 2. The molecule has 16 nitrogen and oxygen atoms in total. The van der Waals surface area contributed by atoms with Crippen LogP contribution >= 0.6 is 62.0 Å². The van der Waals surface area contributed by atoms with Gasteiger partial charge in [0, 0.05) is 76.7 Å². The molecule has 2 aliphatic heterocycles. The number of nitrogens with zero attached hydrogens (tertiary/aromatic N) is 10. The minimum atomic E-state index is -3.36. The van der Waals surface area contributed by atoms with Gasteiger partial charge in [-0.3, -0.25) is 30.0 Å². The first-order valence-electron chi connectivity index (χ1n) is 20.8. The predicted molar refractivity (Wildman–Crippen MR) is 261 cm³/mol. The van der Waals surface area contributed by atoms with Gasteiger partial charge in [0.15, 0.2) is 12.3 Å². The van der Waals surface area contributed by atoms with E-state index in [9.17, 15) is 20.2 Å². The standard InChI is InChI=1S/2C21H25ClN6O2.4ClH.Zn/c2*1-4-26(13-14-27-12-11-25(3)16(27)2)18-7-5-17(6-8-18)23-24-21-10-9-19(28(29)30)15-20(21)22;;;;;/h2*5-12,15-16H,4,13-14H2,1-3H3;4*1H;/q;;;;;;+2/p-2. The summed E-state index contributed by atoms with van der Waals surface area (Å²) in [6, 6.07) is 24.0. The second kappa shape index (κ2) is 25.7. The molecule has 0 fully saturated rings. The van der Waals surface area contributed by atoms with Crippen LogP contribution in [0.25, 0.3) is 0 Å². The fourth-order valence-corrected chi connectivity index (χ4v) is 7.03. The van der Waals surface area contributed by atoms with E-state index in [0.717, 1.165) is 50.6 Å². The van der Waals surface area contributed by atoms with E-state index in [0.29, 0.717) is 35.1 Å². The molecule has 2 aliphatic rings. The molecule has 0 bridgehead atoms. The molecule has 0 radical (unpaired) electrons. The number of anilines is 2. The number of azo groups is 2. The zero-order chi connectivity index (χ0) is 47.8. The van der Waals surface area contributed by atoms with E-state index in [2.05, 4.69) is 107 Å². The molecule has 0 aromatic heterocycles. The first-order valence-corrected chi connectivity index (χ1v) is 37.1. The van der Waals surface area contributed by atoms with Crippen molar-refractivity contribution in [1.29, 1.82) is 0 Å². The SMILES string of the molecule is CCN(CC[NH+]1C=CN(C)C1C)c1ccc(N=Nc2ccc([N+](=O)[O-])cc2Cl)cc1.CCN(CC[NH+]1C=CN(C)C1C)c1ccc(N=Nc2ccc([N+](=O)[O-])cc2Cl)cc1.[Cl][Zn-2]([Cl])([Cl])[Cl]. The molecule has 6 rings (SSSR count). The van der Waals surface area contributed by atoms with Gasteiger partial charge in [-0.05, 0) is 74.5 Å². The number of nitro benzene ring substituents is 2. The van der Waals surface area contributed by atoms with Crippen molar-refractivity contribution in [3.63, 3.8) is 0 Å². The Hall–Kier alpha value is -4.16. The van der Waals surface area contributed by atoms with E-state index < -0.39 is 20.7 Å². The van der Waals surface area contributed by atoms with E-state index >= 15 is 0 Å². The molecule has 0 amide bonds. The molecule has 4 aromatic carbocycles. The molecule has 4 atom stereocenters. The third-order valence-corrected chi connectivity index (χ3v) is 11.3. The van der Waals surface area contributed by atoms with E-state index in [1.807, 2.05) is 48.5 Å². The van der Waals surface area contributed by atoms with E-state index in [1.54, 1.807) is 0 Å². The summed E-state index contributed by atoms with van der Waals surface area (Å²) < 4.78 is 0. The van der Waals surface area contributed by atoms with Crippen molar-refractivity contribution in [1.82, 2.24) is 9.80 Å². The van der Waals surface area contributed by atoms with Crippen LogP contribution in [0.2, 0.25) is 10.0 Å².